The van der Waals surface area contributed by atoms with E-state index in [-0.39, 0.29) is 0 Å². The molecule has 0 radical (unpaired) electrons. The van der Waals surface area contributed by atoms with Crippen molar-refractivity contribution in [2.24, 2.45) is 5.73 Å². The number of aromatic nitrogens is 2. The molecule has 1 unspecified atom stereocenters. The van der Waals surface area contributed by atoms with Crippen LogP contribution in [0.5, 0.6) is 0 Å². The number of thiazole rings is 1. The number of hydrogen-bond acceptors (Lipinski definition) is 5. The van der Waals surface area contributed by atoms with E-state index in [1.807, 2.05) is 0 Å². The van der Waals surface area contributed by atoms with Crippen LogP contribution in [-0.4, -0.2) is 42.2 Å². The molecule has 3 rings (SSSR count). The molecule has 1 aliphatic rings. The van der Waals surface area contributed by atoms with Crippen LogP contribution in [0.3, 0.4) is 0 Å². The van der Waals surface area contributed by atoms with Crippen LogP contribution < -0.4 is 10.6 Å². The maximum absolute atomic E-state index is 5.72. The third-order valence-electron chi connectivity index (χ3n) is 3.51. The van der Waals surface area contributed by atoms with Crippen molar-refractivity contribution in [1.82, 2.24) is 9.38 Å². The van der Waals surface area contributed by atoms with Gasteiger partial charge >= 0.3 is 0 Å². The van der Waals surface area contributed by atoms with Crippen molar-refractivity contribution in [2.75, 3.05) is 31.7 Å². The number of likely N-dealkylation sites (N-methyl/N-ethyl adjacent to an activating group) is 1. The van der Waals surface area contributed by atoms with E-state index in [0.717, 1.165) is 36.8 Å². The Balaban J connectivity index is 1.98. The molecule has 98 valence electrons. The number of hydrogen-bond donors (Lipinski definition) is 1. The summed E-state index contributed by atoms with van der Waals surface area (Å²) in [5, 5.41) is 2.06. The quantitative estimate of drug-likeness (QED) is 0.901. The van der Waals surface area contributed by atoms with Crippen molar-refractivity contribution in [3.8, 4) is 0 Å². The Labute approximate surface area is 110 Å². The molecule has 18 heavy (non-hydrogen) atoms. The van der Waals surface area contributed by atoms with Gasteiger partial charge < -0.3 is 15.4 Å². The van der Waals surface area contributed by atoms with E-state index in [0.29, 0.717) is 12.6 Å². The predicted molar refractivity (Wildman–Crippen MR) is 73.5 cm³/mol. The second-order valence-corrected chi connectivity index (χ2v) is 5.48. The van der Waals surface area contributed by atoms with E-state index < -0.39 is 0 Å². The van der Waals surface area contributed by atoms with Gasteiger partial charge in [-0.1, -0.05) is 0 Å². The molecule has 1 aliphatic heterocycles. The lowest BCUT2D eigenvalue weighted by molar-refractivity contribution is 0.193. The van der Waals surface area contributed by atoms with Gasteiger partial charge in [-0.25, -0.2) is 4.98 Å². The zero-order valence-corrected chi connectivity index (χ0v) is 11.3. The summed E-state index contributed by atoms with van der Waals surface area (Å²) < 4.78 is 7.61. The molecule has 1 saturated heterocycles. The Hall–Kier alpha value is -1.11. The highest BCUT2D eigenvalue weighted by molar-refractivity contribution is 7.15. The van der Waals surface area contributed by atoms with Crippen LogP contribution in [0.15, 0.2) is 11.6 Å². The second-order valence-electron chi connectivity index (χ2n) is 4.60. The zero-order chi connectivity index (χ0) is 12.5. The fraction of sp³-hybridized carbons (Fsp3) is 0.583. The molecule has 0 bridgehead atoms. The first-order chi connectivity index (χ1) is 8.81. The molecule has 0 amide bonds. The van der Waals surface area contributed by atoms with E-state index in [9.17, 15) is 0 Å². The molecule has 6 heteroatoms. The van der Waals surface area contributed by atoms with E-state index in [4.69, 9.17) is 15.5 Å². The third kappa shape index (κ3) is 1.90. The van der Waals surface area contributed by atoms with E-state index in [1.165, 1.54) is 5.69 Å². The Morgan fingerprint density at radius 3 is 3.28 bits per heavy atom. The molecule has 0 aliphatic carbocycles. The topological polar surface area (TPSA) is 55.8 Å². The summed E-state index contributed by atoms with van der Waals surface area (Å²) in [6.07, 6.45) is 4.00. The molecule has 3 heterocycles. The second kappa shape index (κ2) is 4.87. The lowest BCUT2D eigenvalue weighted by Crippen LogP contribution is -2.33. The fourth-order valence-electron chi connectivity index (χ4n) is 2.47. The molecule has 1 atom stereocenters. The Kier molecular flexibility index (Phi) is 3.23. The van der Waals surface area contributed by atoms with Gasteiger partial charge in [0.05, 0.1) is 18.3 Å². The molecule has 2 aromatic rings. The standard InChI is InChI=1S/C12H18N4OS/c1-15(9-3-6-17-8-9)11-10(2-4-13)16-5-7-18-12(16)14-11/h5,7,9H,2-4,6,8,13H2,1H3. The van der Waals surface area contributed by atoms with Crippen molar-refractivity contribution >= 4 is 22.1 Å². The molecular weight excluding hydrogens is 248 g/mol. The number of ether oxygens (including phenoxy) is 1. The number of imidazole rings is 1. The maximum Gasteiger partial charge on any atom is 0.195 e. The third-order valence-corrected chi connectivity index (χ3v) is 4.27. The minimum Gasteiger partial charge on any atom is -0.379 e. The van der Waals surface area contributed by atoms with Crippen LogP contribution in [0.25, 0.3) is 4.96 Å². The summed E-state index contributed by atoms with van der Waals surface area (Å²) in [6.45, 7) is 2.29. The molecule has 0 spiro atoms. The zero-order valence-electron chi connectivity index (χ0n) is 10.5. The minimum atomic E-state index is 0.436. The molecule has 0 saturated carbocycles. The van der Waals surface area contributed by atoms with Gasteiger partial charge in [-0.3, -0.25) is 4.40 Å². The van der Waals surface area contributed by atoms with E-state index in [1.54, 1.807) is 11.3 Å². The average molecular weight is 266 g/mol. The van der Waals surface area contributed by atoms with Gasteiger partial charge in [0, 0.05) is 31.7 Å². The van der Waals surface area contributed by atoms with Gasteiger partial charge in [0.1, 0.15) is 0 Å². The molecular formula is C12H18N4OS. The van der Waals surface area contributed by atoms with Gasteiger partial charge in [0.15, 0.2) is 10.8 Å². The molecule has 5 nitrogen and oxygen atoms in total. The van der Waals surface area contributed by atoms with Crippen LogP contribution in [0.4, 0.5) is 5.82 Å². The van der Waals surface area contributed by atoms with Crippen LogP contribution >= 0.6 is 11.3 Å². The fourth-order valence-corrected chi connectivity index (χ4v) is 3.20. The van der Waals surface area contributed by atoms with Crippen LogP contribution in [-0.2, 0) is 11.2 Å². The number of nitrogens with two attached hydrogens (primary N) is 1. The molecule has 1 fully saturated rings. The molecule has 2 aromatic heterocycles. The van der Waals surface area contributed by atoms with Crippen molar-refractivity contribution in [3.63, 3.8) is 0 Å². The normalized spacial score (nSPS) is 19.8. The summed E-state index contributed by atoms with van der Waals surface area (Å²) in [5.41, 5.74) is 6.93. The smallest absolute Gasteiger partial charge is 0.195 e. The van der Waals surface area contributed by atoms with Gasteiger partial charge in [-0.15, -0.1) is 11.3 Å². The summed E-state index contributed by atoms with van der Waals surface area (Å²) in [4.78, 5) is 8.02. The Morgan fingerprint density at radius 1 is 1.67 bits per heavy atom. The Morgan fingerprint density at radius 2 is 2.56 bits per heavy atom. The largest absolute Gasteiger partial charge is 0.379 e. The van der Waals surface area contributed by atoms with Crippen molar-refractivity contribution in [3.05, 3.63) is 17.3 Å². The van der Waals surface area contributed by atoms with Crippen LogP contribution in [0, 0.1) is 0 Å². The van der Waals surface area contributed by atoms with Gasteiger partial charge in [0.2, 0.25) is 0 Å². The summed E-state index contributed by atoms with van der Waals surface area (Å²) >= 11 is 1.66. The van der Waals surface area contributed by atoms with Crippen LogP contribution in [0.1, 0.15) is 12.1 Å². The average Bonchev–Trinajstić information content (AvgIpc) is 3.06. The molecule has 2 N–H and O–H groups in total. The lowest BCUT2D eigenvalue weighted by atomic mass is 10.2. The monoisotopic (exact) mass is 266 g/mol. The van der Waals surface area contributed by atoms with E-state index in [2.05, 4.69) is 27.9 Å². The molecule has 0 aromatic carbocycles. The Bertz CT molecular complexity index is 529. The van der Waals surface area contributed by atoms with Gasteiger partial charge in [0.25, 0.3) is 0 Å². The number of nitrogens with zero attached hydrogens (tertiary/aromatic N) is 3. The van der Waals surface area contributed by atoms with Gasteiger partial charge in [-0.2, -0.15) is 0 Å². The summed E-state index contributed by atoms with van der Waals surface area (Å²) in [5.74, 6) is 1.06. The summed E-state index contributed by atoms with van der Waals surface area (Å²) in [7, 11) is 2.10. The van der Waals surface area contributed by atoms with Crippen molar-refractivity contribution in [1.29, 1.82) is 0 Å². The summed E-state index contributed by atoms with van der Waals surface area (Å²) in [6, 6.07) is 0.436. The first-order valence-corrected chi connectivity index (χ1v) is 7.14. The number of fused-ring (bicyclic) bond motifs is 1. The van der Waals surface area contributed by atoms with E-state index >= 15 is 0 Å². The highest BCUT2D eigenvalue weighted by Crippen LogP contribution is 2.27. The highest BCUT2D eigenvalue weighted by atomic mass is 32.1. The van der Waals surface area contributed by atoms with Crippen molar-refractivity contribution in [2.45, 2.75) is 18.9 Å². The maximum atomic E-state index is 5.72. The van der Waals surface area contributed by atoms with Gasteiger partial charge in [-0.05, 0) is 13.0 Å². The SMILES string of the molecule is CN(c1nc2sccn2c1CCN)C1CCOC1. The first-order valence-electron chi connectivity index (χ1n) is 6.26. The minimum absolute atomic E-state index is 0.436. The number of rotatable bonds is 4. The lowest BCUT2D eigenvalue weighted by Gasteiger charge is -2.24. The highest BCUT2D eigenvalue weighted by Gasteiger charge is 2.25. The first kappa shape index (κ1) is 12.0. The van der Waals surface area contributed by atoms with Crippen LogP contribution in [0.2, 0.25) is 0 Å². The number of anilines is 1. The van der Waals surface area contributed by atoms with Crippen molar-refractivity contribution < 1.29 is 4.74 Å². The predicted octanol–water partition coefficient (Wildman–Crippen LogP) is 1.12.